The highest BCUT2D eigenvalue weighted by atomic mass is 19.4. The van der Waals surface area contributed by atoms with E-state index in [0.29, 0.717) is 12.0 Å². The molecule has 1 atom stereocenters. The van der Waals surface area contributed by atoms with E-state index in [2.05, 4.69) is 5.16 Å². The van der Waals surface area contributed by atoms with Crippen molar-refractivity contribution in [2.75, 3.05) is 6.54 Å². The number of benzene rings is 2. The van der Waals surface area contributed by atoms with Crippen molar-refractivity contribution in [1.82, 2.24) is 4.90 Å². The molecule has 7 heteroatoms. The molecule has 0 fully saturated rings. The number of amides is 1. The van der Waals surface area contributed by atoms with Crippen LogP contribution in [-0.4, -0.2) is 29.2 Å². The maximum Gasteiger partial charge on any atom is 0.416 e. The highest BCUT2D eigenvalue weighted by Gasteiger charge is 2.32. The van der Waals surface area contributed by atoms with Gasteiger partial charge in [0.05, 0.1) is 17.8 Å². The molecule has 0 saturated heterocycles. The number of halogens is 3. The second kappa shape index (κ2) is 9.35. The number of aryl methyl sites for hydroxylation is 1. The summed E-state index contributed by atoms with van der Waals surface area (Å²) in [5.74, 6) is -0.123. The van der Waals surface area contributed by atoms with Crippen LogP contribution in [0.5, 0.6) is 0 Å². The van der Waals surface area contributed by atoms with Crippen LogP contribution in [0.15, 0.2) is 53.7 Å². The first kappa shape index (κ1) is 23.8. The normalized spacial score (nSPS) is 16.5. The Hall–Kier alpha value is -2.83. The van der Waals surface area contributed by atoms with E-state index in [9.17, 15) is 18.0 Å². The van der Waals surface area contributed by atoms with Crippen molar-refractivity contribution >= 4 is 11.6 Å². The minimum absolute atomic E-state index is 0.0819. The quantitative estimate of drug-likeness (QED) is 0.548. The summed E-state index contributed by atoms with van der Waals surface area (Å²) in [6.07, 6.45) is -3.96. The largest absolute Gasteiger partial charge is 0.416 e. The molecule has 0 unspecified atom stereocenters. The lowest BCUT2D eigenvalue weighted by atomic mass is 9.91. The van der Waals surface area contributed by atoms with Crippen LogP contribution in [0, 0.1) is 12.3 Å². The maximum absolute atomic E-state index is 13.1. The molecule has 0 N–H and O–H groups in total. The molecule has 0 bridgehead atoms. The molecule has 0 saturated carbocycles. The molecule has 4 nitrogen and oxygen atoms in total. The lowest BCUT2D eigenvalue weighted by Crippen LogP contribution is -2.38. The van der Waals surface area contributed by atoms with Crippen LogP contribution in [-0.2, 0) is 22.4 Å². The van der Waals surface area contributed by atoms with E-state index in [4.69, 9.17) is 4.84 Å². The van der Waals surface area contributed by atoms with Crippen LogP contribution in [0.2, 0.25) is 0 Å². The van der Waals surface area contributed by atoms with Gasteiger partial charge in [0.2, 0.25) is 5.91 Å². The van der Waals surface area contributed by atoms with Gasteiger partial charge >= 0.3 is 6.18 Å². The summed E-state index contributed by atoms with van der Waals surface area (Å²) < 4.78 is 39.4. The van der Waals surface area contributed by atoms with Crippen molar-refractivity contribution in [1.29, 1.82) is 0 Å². The Morgan fingerprint density at radius 3 is 2.44 bits per heavy atom. The van der Waals surface area contributed by atoms with Gasteiger partial charge in [0.25, 0.3) is 0 Å². The van der Waals surface area contributed by atoms with Gasteiger partial charge < -0.3 is 9.74 Å². The Balaban J connectivity index is 1.74. The summed E-state index contributed by atoms with van der Waals surface area (Å²) in [5, 5.41) is 4.19. The SMILES string of the molecule is Cc1ccc(C2=NO[C@H](CN(Cc3cccc(C(F)(F)F)c3)C(=O)CC(C)(C)C)C2)cc1. The van der Waals surface area contributed by atoms with Gasteiger partial charge in [0.15, 0.2) is 6.10 Å². The molecular formula is C25H29F3N2O2. The monoisotopic (exact) mass is 446 g/mol. The highest BCUT2D eigenvalue weighted by molar-refractivity contribution is 6.01. The Morgan fingerprint density at radius 2 is 1.81 bits per heavy atom. The van der Waals surface area contributed by atoms with Gasteiger partial charge in [-0.05, 0) is 35.6 Å². The molecule has 1 aliphatic heterocycles. The second-order valence-electron chi connectivity index (χ2n) is 9.55. The minimum atomic E-state index is -4.43. The Bertz CT molecular complexity index is 976. The molecule has 1 aliphatic rings. The number of nitrogens with zero attached hydrogens (tertiary/aromatic N) is 2. The van der Waals surface area contributed by atoms with E-state index in [1.165, 1.54) is 6.07 Å². The van der Waals surface area contributed by atoms with Crippen molar-refractivity contribution in [2.45, 2.75) is 59.4 Å². The van der Waals surface area contributed by atoms with E-state index in [1.54, 1.807) is 11.0 Å². The second-order valence-corrected chi connectivity index (χ2v) is 9.55. The van der Waals surface area contributed by atoms with Gasteiger partial charge in [0, 0.05) is 19.4 Å². The van der Waals surface area contributed by atoms with Gasteiger partial charge in [-0.25, -0.2) is 0 Å². The molecule has 1 amide bonds. The third kappa shape index (κ3) is 6.58. The van der Waals surface area contributed by atoms with E-state index < -0.39 is 11.7 Å². The molecule has 3 rings (SSSR count). The molecule has 0 aromatic heterocycles. The Labute approximate surface area is 187 Å². The number of carbonyl (C=O) groups is 1. The smallest absolute Gasteiger partial charge is 0.390 e. The minimum Gasteiger partial charge on any atom is -0.390 e. The molecule has 1 heterocycles. The van der Waals surface area contributed by atoms with Crippen LogP contribution in [0.3, 0.4) is 0 Å². The fourth-order valence-corrected chi connectivity index (χ4v) is 3.57. The van der Waals surface area contributed by atoms with E-state index >= 15 is 0 Å². The first-order chi connectivity index (χ1) is 14.9. The average Bonchev–Trinajstić information content (AvgIpc) is 3.15. The van der Waals surface area contributed by atoms with Crippen molar-refractivity contribution in [3.8, 4) is 0 Å². The third-order valence-corrected chi connectivity index (χ3v) is 5.20. The molecule has 32 heavy (non-hydrogen) atoms. The summed E-state index contributed by atoms with van der Waals surface area (Å²) in [6, 6.07) is 13.1. The zero-order valence-corrected chi connectivity index (χ0v) is 18.9. The number of hydrogen-bond acceptors (Lipinski definition) is 3. The first-order valence-electron chi connectivity index (χ1n) is 10.6. The number of oxime groups is 1. The number of rotatable bonds is 6. The number of carbonyl (C=O) groups excluding carboxylic acids is 1. The van der Waals surface area contributed by atoms with E-state index in [-0.39, 0.29) is 36.9 Å². The molecule has 2 aromatic rings. The molecule has 0 aliphatic carbocycles. The van der Waals surface area contributed by atoms with Gasteiger partial charge in [-0.15, -0.1) is 0 Å². The van der Waals surface area contributed by atoms with Crippen molar-refractivity contribution < 1.29 is 22.8 Å². The zero-order valence-electron chi connectivity index (χ0n) is 18.9. The molecule has 0 radical (unpaired) electrons. The predicted molar refractivity (Wildman–Crippen MR) is 118 cm³/mol. The Morgan fingerprint density at radius 1 is 1.12 bits per heavy atom. The van der Waals surface area contributed by atoms with Gasteiger partial charge in [-0.2, -0.15) is 13.2 Å². The van der Waals surface area contributed by atoms with Gasteiger partial charge in [-0.1, -0.05) is 67.9 Å². The number of hydrogen-bond donors (Lipinski definition) is 0. The summed E-state index contributed by atoms with van der Waals surface area (Å²) in [6.45, 7) is 8.21. The fourth-order valence-electron chi connectivity index (χ4n) is 3.57. The van der Waals surface area contributed by atoms with Crippen LogP contribution < -0.4 is 0 Å². The topological polar surface area (TPSA) is 41.9 Å². The summed E-state index contributed by atoms with van der Waals surface area (Å²) in [5.41, 5.74) is 2.37. The lowest BCUT2D eigenvalue weighted by Gasteiger charge is -2.28. The van der Waals surface area contributed by atoms with Crippen molar-refractivity contribution in [2.24, 2.45) is 10.6 Å². The molecule has 172 valence electrons. The predicted octanol–water partition coefficient (Wildman–Crippen LogP) is 5.97. The molecule has 0 spiro atoms. The first-order valence-corrected chi connectivity index (χ1v) is 10.6. The van der Waals surface area contributed by atoms with Crippen LogP contribution in [0.1, 0.15) is 55.9 Å². The Kier molecular flexibility index (Phi) is 6.96. The maximum atomic E-state index is 13.1. The summed E-state index contributed by atoms with van der Waals surface area (Å²) in [4.78, 5) is 20.2. The van der Waals surface area contributed by atoms with Gasteiger partial charge in [0.1, 0.15) is 0 Å². The van der Waals surface area contributed by atoms with E-state index in [1.807, 2.05) is 52.0 Å². The number of alkyl halides is 3. The molecular weight excluding hydrogens is 417 g/mol. The lowest BCUT2D eigenvalue weighted by molar-refractivity contribution is -0.137. The third-order valence-electron chi connectivity index (χ3n) is 5.20. The van der Waals surface area contributed by atoms with Crippen LogP contribution >= 0.6 is 0 Å². The zero-order chi connectivity index (χ0) is 23.5. The van der Waals surface area contributed by atoms with Crippen LogP contribution in [0.4, 0.5) is 13.2 Å². The fraction of sp³-hybridized carbons (Fsp3) is 0.440. The van der Waals surface area contributed by atoms with Gasteiger partial charge in [-0.3, -0.25) is 4.79 Å². The average molecular weight is 447 g/mol. The van der Waals surface area contributed by atoms with Crippen molar-refractivity contribution in [3.63, 3.8) is 0 Å². The highest BCUT2D eigenvalue weighted by Crippen LogP contribution is 2.30. The summed E-state index contributed by atoms with van der Waals surface area (Å²) >= 11 is 0. The molecule has 2 aromatic carbocycles. The summed E-state index contributed by atoms with van der Waals surface area (Å²) in [7, 11) is 0. The van der Waals surface area contributed by atoms with E-state index in [0.717, 1.165) is 29.0 Å². The standard InChI is InChI=1S/C25H29F3N2O2/c1-17-8-10-19(11-9-17)22-13-21(32-29-22)16-30(23(31)14-24(2,3)4)15-18-6-5-7-20(12-18)25(26,27)28/h5-12,21H,13-16H2,1-4H3/t21-/m0/s1. The van der Waals surface area contributed by atoms with Crippen LogP contribution in [0.25, 0.3) is 0 Å². The van der Waals surface area contributed by atoms with Crippen molar-refractivity contribution in [3.05, 3.63) is 70.8 Å².